The van der Waals surface area contributed by atoms with Crippen LogP contribution in [0.2, 0.25) is 0 Å². The van der Waals surface area contributed by atoms with Gasteiger partial charge in [-0.3, -0.25) is 9.59 Å². The van der Waals surface area contributed by atoms with Crippen LogP contribution in [0.5, 0.6) is 23.0 Å². The van der Waals surface area contributed by atoms with Gasteiger partial charge in [0.1, 0.15) is 40.2 Å². The second kappa shape index (κ2) is 23.4. The van der Waals surface area contributed by atoms with Crippen molar-refractivity contribution in [2.75, 3.05) is 34.7 Å². The number of aliphatic hydroxyl groups excluding tert-OH is 2. The molecule has 398 valence electrons. The molecule has 1 unspecified atom stereocenters. The molecule has 6 rings (SSSR count). The first-order chi connectivity index (χ1) is 34.3. The molecule has 5 atom stereocenters. The van der Waals surface area contributed by atoms with Crippen molar-refractivity contribution >= 4 is 30.0 Å². The number of aliphatic hydroxyl groups is 2. The second-order valence-electron chi connectivity index (χ2n) is 21.7. The van der Waals surface area contributed by atoms with Gasteiger partial charge in [0, 0.05) is 69.8 Å². The van der Waals surface area contributed by atoms with Gasteiger partial charge in [0.2, 0.25) is 0 Å². The van der Waals surface area contributed by atoms with Crippen molar-refractivity contribution in [1.29, 1.82) is 0 Å². The molecule has 3 N–H and O–H groups in total. The lowest BCUT2D eigenvalue weighted by Gasteiger charge is -2.41. The number of aliphatic carboxylic acids is 1. The highest BCUT2D eigenvalue weighted by molar-refractivity contribution is 6.02. The third kappa shape index (κ3) is 13.0. The zero-order valence-electron chi connectivity index (χ0n) is 45.1. The number of rotatable bonds is 20. The second-order valence-corrected chi connectivity index (χ2v) is 21.7. The van der Waals surface area contributed by atoms with Crippen LogP contribution < -0.4 is 18.9 Å². The minimum absolute atomic E-state index is 0.0116. The number of carboxylic acids is 1. The van der Waals surface area contributed by atoms with Gasteiger partial charge in [0.05, 0.1) is 36.4 Å². The van der Waals surface area contributed by atoms with E-state index in [4.69, 9.17) is 18.9 Å². The normalized spacial score (nSPS) is 21.5. The van der Waals surface area contributed by atoms with Crippen molar-refractivity contribution in [2.45, 2.75) is 175 Å². The van der Waals surface area contributed by atoms with E-state index in [9.17, 15) is 39.3 Å². The maximum atomic E-state index is 14.4. The van der Waals surface area contributed by atoms with E-state index >= 15 is 0 Å². The van der Waals surface area contributed by atoms with E-state index in [1.54, 1.807) is 19.0 Å². The largest absolute Gasteiger partial charge is 0.484 e. The van der Waals surface area contributed by atoms with Crippen LogP contribution in [0.1, 0.15) is 163 Å². The summed E-state index contributed by atoms with van der Waals surface area (Å²) in [6.07, 6.45) is 11.7. The number of hydrogen-bond acceptors (Lipinski definition) is 11. The number of benzene rings is 2. The number of amides is 4. The molecular weight excluding hydrogens is 933 g/mol. The average molecular weight is 1010 g/mol. The van der Waals surface area contributed by atoms with Crippen molar-refractivity contribution in [1.82, 2.24) is 19.6 Å². The Kier molecular flexibility index (Phi) is 18.0. The Morgan fingerprint density at radius 2 is 1.12 bits per heavy atom. The monoisotopic (exact) mass is 1010 g/mol. The van der Waals surface area contributed by atoms with Gasteiger partial charge >= 0.3 is 18.2 Å². The van der Waals surface area contributed by atoms with Crippen molar-refractivity contribution in [3.05, 3.63) is 92.1 Å². The lowest BCUT2D eigenvalue weighted by Crippen LogP contribution is -2.49. The van der Waals surface area contributed by atoms with E-state index < -0.39 is 53.5 Å². The topological polar surface area (TPSA) is 196 Å². The molecule has 0 radical (unpaired) electrons. The minimum Gasteiger partial charge on any atom is -0.484 e. The fourth-order valence-electron chi connectivity index (χ4n) is 9.92. The van der Waals surface area contributed by atoms with Gasteiger partial charge in [-0.05, 0) is 132 Å². The number of nitrogens with zero attached hydrogens (tertiary/aromatic N) is 4. The van der Waals surface area contributed by atoms with E-state index in [2.05, 4.69) is 65.8 Å². The molecule has 16 heteroatoms. The first kappa shape index (κ1) is 56.2. The summed E-state index contributed by atoms with van der Waals surface area (Å²) in [6.45, 7) is 16.3. The molecule has 16 nitrogen and oxygen atoms in total. The zero-order chi connectivity index (χ0) is 53.7. The predicted molar refractivity (Wildman–Crippen MR) is 278 cm³/mol. The molecule has 0 bridgehead atoms. The Labute approximate surface area is 431 Å². The Hall–Kier alpha value is -6.13. The minimum atomic E-state index is -1.30. The molecule has 0 fully saturated rings. The maximum Gasteiger partial charge on any atom is 0.414 e. The molecule has 4 amide bonds. The smallest absolute Gasteiger partial charge is 0.414 e. The molecule has 2 aromatic rings. The Balaban J connectivity index is 1.21. The third-order valence-electron chi connectivity index (χ3n) is 14.6. The Morgan fingerprint density at radius 3 is 1.55 bits per heavy atom. The number of fused-ring (bicyclic) bond motifs is 6. The van der Waals surface area contributed by atoms with Crippen molar-refractivity contribution in [3.63, 3.8) is 0 Å². The van der Waals surface area contributed by atoms with Crippen LogP contribution in [0.15, 0.2) is 58.7 Å². The summed E-state index contributed by atoms with van der Waals surface area (Å²) < 4.78 is 25.0. The summed E-state index contributed by atoms with van der Waals surface area (Å²) in [4.78, 5) is 73.0. The van der Waals surface area contributed by atoms with E-state index in [0.29, 0.717) is 59.4 Å². The van der Waals surface area contributed by atoms with Crippen LogP contribution >= 0.6 is 0 Å². The molecule has 4 aliphatic heterocycles. The molecule has 2 aromatic carbocycles. The standard InChI is InChI=1S/C57H78N4O12/c1-34(2)18-13-20-36(5)22-15-25-56(7)47(62)30-40-45(70-54(68)58(9)10)28-38-42(49(40)72-56)32-60(51(38)64)27-17-24-44(53(66)67)61-33-43-39(52(61)65)29-46(71-55(69)59(11)12)41-31-48(63)57(8,73-50(41)43)26-16-23-37(6)21-14-19-35(3)4/h18-19,22-23,28-29,44,47-48,62-63H,13-17,20-21,24-27,30-33H2,1-12H3,(H,66,67)/b36-22+,37-23+/t44?,47-,48-,56+,57+/m0/s1. The van der Waals surface area contributed by atoms with E-state index in [0.717, 1.165) is 25.7 Å². The number of carboxylic acid groups (broad SMARTS) is 1. The van der Waals surface area contributed by atoms with E-state index in [1.165, 1.54) is 63.2 Å². The number of carbonyl (C=O) groups excluding carboxylic acids is 4. The molecule has 4 aliphatic rings. The van der Waals surface area contributed by atoms with Crippen molar-refractivity contribution in [2.24, 2.45) is 0 Å². The average Bonchev–Trinajstić information content (AvgIpc) is 3.80. The first-order valence-electron chi connectivity index (χ1n) is 25.6. The van der Waals surface area contributed by atoms with Crippen LogP contribution in [-0.2, 0) is 30.7 Å². The Morgan fingerprint density at radius 1 is 0.685 bits per heavy atom. The van der Waals surface area contributed by atoms with Gasteiger partial charge in [0.15, 0.2) is 0 Å². The summed E-state index contributed by atoms with van der Waals surface area (Å²) in [5.41, 5.74) is 5.25. The summed E-state index contributed by atoms with van der Waals surface area (Å²) >= 11 is 0. The molecule has 0 saturated carbocycles. The maximum absolute atomic E-state index is 14.4. The van der Waals surface area contributed by atoms with Crippen LogP contribution in [0.25, 0.3) is 0 Å². The number of hydrogen-bond donors (Lipinski definition) is 3. The van der Waals surface area contributed by atoms with Crippen molar-refractivity contribution < 1.29 is 58.2 Å². The van der Waals surface area contributed by atoms with Crippen molar-refractivity contribution in [3.8, 4) is 23.0 Å². The fraction of sp³-hybridized carbons (Fsp3) is 0.561. The lowest BCUT2D eigenvalue weighted by atomic mass is 9.84. The SMILES string of the molecule is CC(C)=CCC/C(C)=C/CC[C@@]1(C)Oc2c(c(OC(=O)N(C)C)cc3c2CN(CCCC(C(=O)O)N2Cc4c(cc(OC(=O)N(C)C)c5c4O[C@](C)(CC/C=C(\C)CCC=C(C)C)[C@@H](O)C5)C2=O)C3=O)C[C@@H]1O. The number of ether oxygens (including phenoxy) is 4. The predicted octanol–water partition coefficient (Wildman–Crippen LogP) is 9.71. The summed E-state index contributed by atoms with van der Waals surface area (Å²) in [7, 11) is 6.14. The quantitative estimate of drug-likeness (QED) is 0.106. The molecule has 4 heterocycles. The molecule has 73 heavy (non-hydrogen) atoms. The zero-order valence-corrected chi connectivity index (χ0v) is 45.1. The molecule has 0 saturated heterocycles. The van der Waals surface area contributed by atoms with Gasteiger partial charge < -0.3 is 53.9 Å². The molecular formula is C57H78N4O12. The highest BCUT2D eigenvalue weighted by Gasteiger charge is 2.48. The van der Waals surface area contributed by atoms with Crippen LogP contribution in [0.3, 0.4) is 0 Å². The number of allylic oxidation sites excluding steroid dienone is 8. The van der Waals surface area contributed by atoms with Crippen LogP contribution in [0, 0.1) is 0 Å². The van der Waals surface area contributed by atoms with Gasteiger partial charge in [-0.2, -0.15) is 0 Å². The van der Waals surface area contributed by atoms with Gasteiger partial charge in [-0.1, -0.05) is 46.6 Å². The van der Waals surface area contributed by atoms with Gasteiger partial charge in [-0.25, -0.2) is 14.4 Å². The van der Waals surface area contributed by atoms with Gasteiger partial charge in [-0.15, -0.1) is 0 Å². The number of carbonyl (C=O) groups is 5. The third-order valence-corrected chi connectivity index (χ3v) is 14.6. The van der Waals surface area contributed by atoms with Crippen LogP contribution in [-0.4, -0.2) is 129 Å². The fourth-order valence-corrected chi connectivity index (χ4v) is 9.92. The summed E-state index contributed by atoms with van der Waals surface area (Å²) in [5, 5.41) is 33.9. The van der Waals surface area contributed by atoms with E-state index in [1.807, 2.05) is 13.8 Å². The first-order valence-corrected chi connectivity index (χ1v) is 25.6. The Bertz CT molecular complexity index is 2590. The van der Waals surface area contributed by atoms with E-state index in [-0.39, 0.29) is 73.9 Å². The molecule has 0 aromatic heterocycles. The highest BCUT2D eigenvalue weighted by atomic mass is 16.6. The molecule has 0 aliphatic carbocycles. The highest BCUT2D eigenvalue weighted by Crippen LogP contribution is 2.49. The van der Waals surface area contributed by atoms with Gasteiger partial charge in [0.25, 0.3) is 11.8 Å². The summed E-state index contributed by atoms with van der Waals surface area (Å²) in [6, 6.07) is 1.66. The summed E-state index contributed by atoms with van der Waals surface area (Å²) in [5.74, 6) is -1.31. The van der Waals surface area contributed by atoms with Crippen LogP contribution in [0.4, 0.5) is 9.59 Å². The lowest BCUT2D eigenvalue weighted by molar-refractivity contribution is -0.142. The molecule has 0 spiro atoms.